The highest BCUT2D eigenvalue weighted by atomic mass is 16.7. The lowest BCUT2D eigenvalue weighted by Gasteiger charge is -2.49. The molecule has 0 radical (unpaired) electrons. The van der Waals surface area contributed by atoms with E-state index in [9.17, 15) is 9.90 Å². The predicted octanol–water partition coefficient (Wildman–Crippen LogP) is 1.52. The van der Waals surface area contributed by atoms with Crippen molar-refractivity contribution in [2.45, 2.75) is 49.7 Å². The van der Waals surface area contributed by atoms with Gasteiger partial charge in [-0.3, -0.25) is 0 Å². The Kier molecular flexibility index (Phi) is 1.77. The molecule has 4 heteroatoms. The largest absolute Gasteiger partial charge is 0.506 e. The van der Waals surface area contributed by atoms with Gasteiger partial charge in [0.25, 0.3) is 0 Å². The summed E-state index contributed by atoms with van der Waals surface area (Å²) in [6.07, 6.45) is 2.88. The second-order valence-electron chi connectivity index (χ2n) is 4.28. The zero-order chi connectivity index (χ0) is 9.53. The molecule has 0 aromatic carbocycles. The van der Waals surface area contributed by atoms with Crippen LogP contribution in [0, 0.1) is 0 Å². The maximum Gasteiger partial charge on any atom is 0.506 e. The highest BCUT2D eigenvalue weighted by Gasteiger charge is 2.50. The first-order chi connectivity index (χ1) is 6.04. The van der Waals surface area contributed by atoms with Gasteiger partial charge in [-0.05, 0) is 38.5 Å². The Hall–Kier alpha value is -0.770. The second-order valence-corrected chi connectivity index (χ2v) is 4.28. The zero-order valence-corrected chi connectivity index (χ0v) is 7.45. The number of carboxylic acid groups (broad SMARTS) is 1. The summed E-state index contributed by atoms with van der Waals surface area (Å²) in [7, 11) is 0. The van der Waals surface area contributed by atoms with Gasteiger partial charge in [0.15, 0.2) is 0 Å². The molecule has 3 aliphatic carbocycles. The average molecular weight is 186 g/mol. The third kappa shape index (κ3) is 1.50. The molecule has 3 saturated carbocycles. The molecule has 2 bridgehead atoms. The number of hydrogen-bond acceptors (Lipinski definition) is 3. The van der Waals surface area contributed by atoms with Crippen LogP contribution in [0.15, 0.2) is 0 Å². The van der Waals surface area contributed by atoms with Crippen LogP contribution >= 0.6 is 0 Å². The predicted molar refractivity (Wildman–Crippen MR) is 44.5 cm³/mol. The number of aliphatic hydroxyl groups is 1. The summed E-state index contributed by atoms with van der Waals surface area (Å²) in [5.74, 6) is 0. The smallest absolute Gasteiger partial charge is 0.450 e. The minimum Gasteiger partial charge on any atom is -0.450 e. The van der Waals surface area contributed by atoms with Gasteiger partial charge in [0.05, 0.1) is 5.60 Å². The van der Waals surface area contributed by atoms with E-state index in [1.165, 1.54) is 0 Å². The van der Waals surface area contributed by atoms with Crippen LogP contribution in [0.4, 0.5) is 4.79 Å². The summed E-state index contributed by atoms with van der Waals surface area (Å²) < 4.78 is 4.92. The second kappa shape index (κ2) is 2.61. The van der Waals surface area contributed by atoms with Crippen molar-refractivity contribution in [2.75, 3.05) is 0 Å². The highest BCUT2D eigenvalue weighted by molar-refractivity contribution is 5.57. The van der Waals surface area contributed by atoms with E-state index < -0.39 is 17.4 Å². The number of carbonyl (C=O) groups is 1. The van der Waals surface area contributed by atoms with E-state index in [0.29, 0.717) is 38.5 Å². The van der Waals surface area contributed by atoms with Gasteiger partial charge in [-0.15, -0.1) is 0 Å². The van der Waals surface area contributed by atoms with Crippen LogP contribution in [0.2, 0.25) is 0 Å². The Balaban J connectivity index is 2.07. The molecule has 3 fully saturated rings. The summed E-state index contributed by atoms with van der Waals surface area (Å²) in [6.45, 7) is 0. The van der Waals surface area contributed by atoms with Crippen LogP contribution in [-0.4, -0.2) is 27.6 Å². The van der Waals surface area contributed by atoms with Gasteiger partial charge in [-0.1, -0.05) is 0 Å². The lowest BCUT2D eigenvalue weighted by atomic mass is 9.65. The normalized spacial score (nSPS) is 43.2. The van der Waals surface area contributed by atoms with Crippen molar-refractivity contribution in [3.05, 3.63) is 0 Å². The Morgan fingerprint density at radius 2 is 1.54 bits per heavy atom. The standard InChI is InChI=1S/C9H14O4/c10-7(11)13-9-4-1-8(12,2-5-9)3-6-9/h12H,1-6H2,(H,10,11). The fourth-order valence-corrected chi connectivity index (χ4v) is 2.47. The molecule has 0 unspecified atom stereocenters. The van der Waals surface area contributed by atoms with Gasteiger partial charge in [0, 0.05) is 0 Å². The molecule has 0 atom stereocenters. The van der Waals surface area contributed by atoms with Crippen molar-refractivity contribution in [3.63, 3.8) is 0 Å². The number of fused-ring (bicyclic) bond motifs is 3. The molecule has 4 nitrogen and oxygen atoms in total. The van der Waals surface area contributed by atoms with E-state index in [-0.39, 0.29) is 0 Å². The van der Waals surface area contributed by atoms with Crippen molar-refractivity contribution in [1.82, 2.24) is 0 Å². The first-order valence-electron chi connectivity index (χ1n) is 4.68. The van der Waals surface area contributed by atoms with Gasteiger partial charge in [-0.25, -0.2) is 4.79 Å². The molecule has 13 heavy (non-hydrogen) atoms. The monoisotopic (exact) mass is 186 g/mol. The first-order valence-corrected chi connectivity index (χ1v) is 4.68. The number of rotatable bonds is 1. The fraction of sp³-hybridized carbons (Fsp3) is 0.889. The van der Waals surface area contributed by atoms with E-state index in [1.807, 2.05) is 0 Å². The molecule has 0 spiro atoms. The van der Waals surface area contributed by atoms with Gasteiger partial charge in [-0.2, -0.15) is 0 Å². The van der Waals surface area contributed by atoms with Crippen molar-refractivity contribution >= 4 is 6.16 Å². The average Bonchev–Trinajstić information content (AvgIpc) is 2.07. The topological polar surface area (TPSA) is 66.8 Å². The van der Waals surface area contributed by atoms with E-state index >= 15 is 0 Å². The quantitative estimate of drug-likeness (QED) is 0.609. The van der Waals surface area contributed by atoms with Crippen LogP contribution in [0.25, 0.3) is 0 Å². The SMILES string of the molecule is O=C(O)OC12CCC(O)(CC1)CC2. The molecule has 3 aliphatic rings. The molecule has 3 rings (SSSR count). The maximum atomic E-state index is 10.4. The minimum atomic E-state index is -1.19. The summed E-state index contributed by atoms with van der Waals surface area (Å²) in [6, 6.07) is 0. The van der Waals surface area contributed by atoms with Crippen molar-refractivity contribution in [1.29, 1.82) is 0 Å². The molecule has 0 aliphatic heterocycles. The molecule has 0 heterocycles. The summed E-state index contributed by atoms with van der Waals surface area (Å²) in [4.78, 5) is 10.4. The third-order valence-corrected chi connectivity index (χ3v) is 3.44. The molecule has 0 aromatic heterocycles. The van der Waals surface area contributed by atoms with E-state index in [2.05, 4.69) is 0 Å². The van der Waals surface area contributed by atoms with Gasteiger partial charge in [0.1, 0.15) is 5.60 Å². The van der Waals surface area contributed by atoms with E-state index in [1.54, 1.807) is 0 Å². The molecule has 0 amide bonds. The molecule has 2 N–H and O–H groups in total. The first kappa shape index (κ1) is 8.81. The Morgan fingerprint density at radius 1 is 1.08 bits per heavy atom. The summed E-state index contributed by atoms with van der Waals surface area (Å²) in [5.41, 5.74) is -1.00. The van der Waals surface area contributed by atoms with Crippen LogP contribution in [0.5, 0.6) is 0 Å². The van der Waals surface area contributed by atoms with Crippen LogP contribution in [0.1, 0.15) is 38.5 Å². The van der Waals surface area contributed by atoms with Crippen LogP contribution in [0.3, 0.4) is 0 Å². The number of hydrogen-bond donors (Lipinski definition) is 2. The van der Waals surface area contributed by atoms with Crippen LogP contribution in [-0.2, 0) is 4.74 Å². The molecule has 74 valence electrons. The Morgan fingerprint density at radius 3 is 1.92 bits per heavy atom. The fourth-order valence-electron chi connectivity index (χ4n) is 2.47. The lowest BCUT2D eigenvalue weighted by Crippen LogP contribution is -2.51. The molecule has 0 aromatic rings. The van der Waals surface area contributed by atoms with Crippen molar-refractivity contribution in [3.8, 4) is 0 Å². The maximum absolute atomic E-state index is 10.4. The highest BCUT2D eigenvalue weighted by Crippen LogP contribution is 2.48. The van der Waals surface area contributed by atoms with Gasteiger partial charge < -0.3 is 14.9 Å². The molecular formula is C9H14O4. The van der Waals surface area contributed by atoms with Gasteiger partial charge in [0.2, 0.25) is 0 Å². The van der Waals surface area contributed by atoms with Gasteiger partial charge >= 0.3 is 6.16 Å². The summed E-state index contributed by atoms with van der Waals surface area (Å²) in [5, 5.41) is 18.4. The van der Waals surface area contributed by atoms with E-state index in [4.69, 9.17) is 9.84 Å². The zero-order valence-electron chi connectivity index (χ0n) is 7.45. The Labute approximate surface area is 76.5 Å². The van der Waals surface area contributed by atoms with Crippen LogP contribution < -0.4 is 0 Å². The Bertz CT molecular complexity index is 211. The van der Waals surface area contributed by atoms with Crippen molar-refractivity contribution < 1.29 is 19.7 Å². The third-order valence-electron chi connectivity index (χ3n) is 3.44. The number of ether oxygens (including phenoxy) is 1. The summed E-state index contributed by atoms with van der Waals surface area (Å²) >= 11 is 0. The molecule has 0 saturated heterocycles. The van der Waals surface area contributed by atoms with Crippen molar-refractivity contribution in [2.24, 2.45) is 0 Å². The minimum absolute atomic E-state index is 0.476. The molecular weight excluding hydrogens is 172 g/mol. The lowest BCUT2D eigenvalue weighted by molar-refractivity contribution is -0.146. The van der Waals surface area contributed by atoms with E-state index in [0.717, 1.165) is 0 Å².